The van der Waals surface area contributed by atoms with Crippen molar-refractivity contribution >= 4 is 164 Å². The molecule has 16 aromatic rings. The van der Waals surface area contributed by atoms with Crippen LogP contribution in [0.5, 0.6) is 0 Å². The lowest BCUT2D eigenvalue weighted by molar-refractivity contribution is -0.119. The van der Waals surface area contributed by atoms with Crippen LogP contribution in [0.2, 0.25) is 10.0 Å². The first-order chi connectivity index (χ1) is 50.5. The number of para-hydroxylation sites is 8. The third-order valence-electron chi connectivity index (χ3n) is 16.1. The van der Waals surface area contributed by atoms with Gasteiger partial charge in [-0.1, -0.05) is 105 Å². The predicted molar refractivity (Wildman–Crippen MR) is 415 cm³/mol. The Morgan fingerprint density at radius 3 is 1.55 bits per heavy atom. The second-order valence-corrected chi connectivity index (χ2v) is 27.8. The van der Waals surface area contributed by atoms with Gasteiger partial charge in [-0.3, -0.25) is 24.2 Å². The van der Waals surface area contributed by atoms with Gasteiger partial charge >= 0.3 is 0 Å². The molecule has 104 heavy (non-hydrogen) atoms. The number of halogens is 4. The molecule has 0 radical (unpaired) electrons. The SMILES string of the molecule is Cc1ccc(NC(=O)C(C)n2c(-c3cncs3)nc3ccccc32)cc1.Cc1csc(-c2nc3ccccc3n2C(C)C(=O)Nc2ccc(Cl)cc2)n1.O=C(Cn1c(-c2ncco2)nc2ccccc21)Nc1ccc(Cl)cc1.O=C(Cn1c(-c2nccs2)nc2ccccc21)Nc1ccc(Br)cc1F. The average molecular weight is 1540 g/mol. The first-order valence-electron chi connectivity index (χ1n) is 32.2. The summed E-state index contributed by atoms with van der Waals surface area (Å²) in [5.41, 5.74) is 12.9. The zero-order chi connectivity index (χ0) is 72.4. The molecular formula is C76H60BrCl2FN16O5S3. The standard InChI is InChI=1S/C20H17ClN4OS.C20H18N4OS.C18H12BrFN4OS.C18H13ClN4O2/c1-12-11-27-20(22-12)18-24-16-5-3-4-6-17(16)25(18)13(2)19(26)23-15-9-7-14(21)8-10-15;1-13-7-9-15(10-8-13)22-20(25)14(2)24-17-6-4-3-5-16(17)23-19(24)18-11-21-12-26-18;19-11-5-6-13(12(20)9-11)22-16(25)10-24-15-4-2-1-3-14(15)23-17(24)18-21-7-8-26-18;19-12-5-7-13(8-6-12)21-16(24)11-23-15-4-2-1-3-14(15)22-17(23)18-20-9-10-25-18/h3-11,13H,1-2H3,(H,23,26);3-12,14H,1-2H3,(H,22,25);1-9H,10H2,(H,22,25);1-10H,11H2,(H,21,24). The van der Waals surface area contributed by atoms with E-state index in [1.54, 1.807) is 87.8 Å². The summed E-state index contributed by atoms with van der Waals surface area (Å²) in [4.78, 5) is 87.5. The normalized spacial score (nSPS) is 11.6. The monoisotopic (exact) mass is 1540 g/mol. The number of carbonyl (C=O) groups is 4. The molecule has 16 rings (SSSR count). The van der Waals surface area contributed by atoms with Gasteiger partial charge in [0.1, 0.15) is 37.3 Å². The van der Waals surface area contributed by atoms with Crippen LogP contribution in [-0.4, -0.2) is 81.8 Å². The molecule has 0 bridgehead atoms. The van der Waals surface area contributed by atoms with Crippen molar-refractivity contribution in [2.75, 3.05) is 21.3 Å². The van der Waals surface area contributed by atoms with E-state index in [-0.39, 0.29) is 42.4 Å². The number of fused-ring (bicyclic) bond motifs is 4. The van der Waals surface area contributed by atoms with E-state index >= 15 is 0 Å². The maximum Gasteiger partial charge on any atom is 0.263 e. The third kappa shape index (κ3) is 16.6. The first kappa shape index (κ1) is 71.0. The van der Waals surface area contributed by atoms with Crippen molar-refractivity contribution in [2.45, 2.75) is 52.9 Å². The van der Waals surface area contributed by atoms with Gasteiger partial charge in [-0.2, -0.15) is 0 Å². The molecule has 520 valence electrons. The first-order valence-corrected chi connectivity index (χ1v) is 36.4. The van der Waals surface area contributed by atoms with Crippen molar-refractivity contribution in [3.05, 3.63) is 261 Å². The minimum atomic E-state index is -0.497. The number of oxazole rings is 1. The molecule has 21 nitrogen and oxygen atoms in total. The van der Waals surface area contributed by atoms with E-state index in [0.717, 1.165) is 81.8 Å². The molecule has 28 heteroatoms. The molecule has 8 heterocycles. The Morgan fingerprint density at radius 2 is 1.03 bits per heavy atom. The number of thiazole rings is 3. The number of amides is 4. The highest BCUT2D eigenvalue weighted by Crippen LogP contribution is 2.35. The molecule has 0 saturated heterocycles. The molecule has 2 atom stereocenters. The number of hydrogen-bond donors (Lipinski definition) is 4. The Labute approximate surface area is 624 Å². The lowest BCUT2D eigenvalue weighted by atomic mass is 10.2. The van der Waals surface area contributed by atoms with E-state index in [0.29, 0.717) is 49.3 Å². The van der Waals surface area contributed by atoms with Crippen LogP contribution in [0.25, 0.3) is 88.2 Å². The number of benzene rings is 8. The number of carbonyl (C=O) groups excluding carboxylic acids is 4. The summed E-state index contributed by atoms with van der Waals surface area (Å²) < 4.78 is 27.4. The van der Waals surface area contributed by atoms with Gasteiger partial charge in [-0.25, -0.2) is 39.3 Å². The van der Waals surface area contributed by atoms with Gasteiger partial charge in [0.25, 0.3) is 5.89 Å². The summed E-state index contributed by atoms with van der Waals surface area (Å²) in [5, 5.41) is 18.0. The molecule has 0 aliphatic carbocycles. The van der Waals surface area contributed by atoms with Gasteiger partial charge in [0.05, 0.1) is 66.4 Å². The lowest BCUT2D eigenvalue weighted by Gasteiger charge is -2.17. The van der Waals surface area contributed by atoms with Gasteiger partial charge in [-0.05, 0) is 155 Å². The zero-order valence-corrected chi connectivity index (χ0v) is 61.2. The van der Waals surface area contributed by atoms with Crippen molar-refractivity contribution < 1.29 is 28.0 Å². The molecule has 0 aliphatic rings. The van der Waals surface area contributed by atoms with E-state index < -0.39 is 17.9 Å². The molecule has 4 amide bonds. The van der Waals surface area contributed by atoms with Crippen LogP contribution in [0, 0.1) is 19.7 Å². The van der Waals surface area contributed by atoms with Crippen molar-refractivity contribution in [2.24, 2.45) is 0 Å². The van der Waals surface area contributed by atoms with E-state index in [4.69, 9.17) is 37.6 Å². The van der Waals surface area contributed by atoms with Gasteiger partial charge < -0.3 is 44.0 Å². The topological polar surface area (TPSA) is 252 Å². The molecule has 0 fully saturated rings. The van der Waals surface area contributed by atoms with E-state index in [2.05, 4.69) is 67.1 Å². The summed E-state index contributed by atoms with van der Waals surface area (Å²) in [6, 6.07) is 56.2. The Hall–Kier alpha value is -11.4. The second-order valence-electron chi connectivity index (χ2n) is 23.4. The highest BCUT2D eigenvalue weighted by Gasteiger charge is 2.27. The Kier molecular flexibility index (Phi) is 22.1. The highest BCUT2D eigenvalue weighted by atomic mass is 79.9. The van der Waals surface area contributed by atoms with Crippen LogP contribution in [0.4, 0.5) is 27.1 Å². The van der Waals surface area contributed by atoms with Crippen molar-refractivity contribution in [1.82, 2.24) is 58.1 Å². The van der Waals surface area contributed by atoms with E-state index in [1.807, 2.05) is 169 Å². The minimum absolute atomic E-state index is 0.00489. The van der Waals surface area contributed by atoms with Gasteiger partial charge in [0.15, 0.2) is 33.3 Å². The van der Waals surface area contributed by atoms with Crippen LogP contribution in [0.15, 0.2) is 238 Å². The van der Waals surface area contributed by atoms with Gasteiger partial charge in [0, 0.05) is 60.4 Å². The maximum absolute atomic E-state index is 14.0. The minimum Gasteiger partial charge on any atom is -0.442 e. The summed E-state index contributed by atoms with van der Waals surface area (Å²) >= 11 is 19.5. The fourth-order valence-electron chi connectivity index (χ4n) is 11.1. The van der Waals surface area contributed by atoms with Crippen molar-refractivity contribution in [1.29, 1.82) is 0 Å². The zero-order valence-electron chi connectivity index (χ0n) is 55.7. The molecule has 8 aromatic heterocycles. The largest absolute Gasteiger partial charge is 0.442 e. The third-order valence-corrected chi connectivity index (χ3v) is 19.6. The quantitative estimate of drug-likeness (QED) is 0.0703. The van der Waals surface area contributed by atoms with Crippen LogP contribution in [-0.2, 0) is 32.3 Å². The van der Waals surface area contributed by atoms with Gasteiger partial charge in [0.2, 0.25) is 23.6 Å². The number of aromatic nitrogens is 12. The summed E-state index contributed by atoms with van der Waals surface area (Å²) in [5.74, 6) is 1.74. The highest BCUT2D eigenvalue weighted by molar-refractivity contribution is 9.10. The summed E-state index contributed by atoms with van der Waals surface area (Å²) in [6.45, 7) is 7.81. The average Bonchev–Trinajstić information content (AvgIpc) is 1.68. The number of nitrogens with zero attached hydrogens (tertiary/aromatic N) is 12. The Balaban J connectivity index is 0.000000123. The predicted octanol–water partition coefficient (Wildman–Crippen LogP) is 18.7. The van der Waals surface area contributed by atoms with Crippen LogP contribution < -0.4 is 21.3 Å². The molecule has 0 spiro atoms. The molecule has 4 N–H and O–H groups in total. The Morgan fingerprint density at radius 1 is 0.529 bits per heavy atom. The van der Waals surface area contributed by atoms with Gasteiger partial charge in [-0.15, -0.1) is 34.0 Å². The van der Waals surface area contributed by atoms with E-state index in [1.165, 1.54) is 52.4 Å². The fraction of sp³-hybridized carbons (Fsp3) is 0.105. The fourth-order valence-corrected chi connectivity index (χ4v) is 13.8. The smallest absolute Gasteiger partial charge is 0.263 e. The lowest BCUT2D eigenvalue weighted by Crippen LogP contribution is -2.24. The van der Waals surface area contributed by atoms with Crippen LogP contribution in [0.3, 0.4) is 0 Å². The Bertz CT molecular complexity index is 5690. The number of rotatable bonds is 16. The van der Waals surface area contributed by atoms with Crippen molar-refractivity contribution in [3.8, 4) is 44.1 Å². The molecular weight excluding hydrogens is 1480 g/mol. The molecule has 0 aliphatic heterocycles. The second kappa shape index (κ2) is 32.3. The maximum atomic E-state index is 14.0. The number of anilines is 4. The number of nitrogens with one attached hydrogen (secondary N) is 4. The van der Waals surface area contributed by atoms with E-state index in [9.17, 15) is 23.6 Å². The number of imidazole rings is 4. The van der Waals surface area contributed by atoms with Crippen LogP contribution >= 0.6 is 73.1 Å². The number of aryl methyl sites for hydroxylation is 2. The molecule has 8 aromatic carbocycles. The van der Waals surface area contributed by atoms with Crippen molar-refractivity contribution in [3.63, 3.8) is 0 Å². The van der Waals surface area contributed by atoms with Crippen LogP contribution in [0.1, 0.15) is 37.2 Å². The summed E-state index contributed by atoms with van der Waals surface area (Å²) in [6.07, 6.45) is 6.51. The molecule has 0 saturated carbocycles. The summed E-state index contributed by atoms with van der Waals surface area (Å²) in [7, 11) is 0. The molecule has 2 unspecified atom stereocenters. The number of hydrogen-bond acceptors (Lipinski definition) is 16.